The molecule has 0 aromatic carbocycles. The summed E-state index contributed by atoms with van der Waals surface area (Å²) in [5.74, 6) is 0.549. The number of hydrogen-bond donors (Lipinski definition) is 1. The Morgan fingerprint density at radius 2 is 2.00 bits per heavy atom. The van der Waals surface area contributed by atoms with E-state index in [4.69, 9.17) is 15.2 Å². The minimum atomic E-state index is 0.250. The Morgan fingerprint density at radius 3 is 2.56 bits per heavy atom. The zero-order valence-electron chi connectivity index (χ0n) is 10.4. The van der Waals surface area contributed by atoms with E-state index in [0.717, 1.165) is 39.3 Å². The van der Waals surface area contributed by atoms with Crippen molar-refractivity contribution >= 4 is 0 Å². The third kappa shape index (κ3) is 3.17. The van der Waals surface area contributed by atoms with Gasteiger partial charge >= 0.3 is 0 Å². The molecule has 94 valence electrons. The van der Waals surface area contributed by atoms with Crippen molar-refractivity contribution < 1.29 is 9.47 Å². The van der Waals surface area contributed by atoms with E-state index in [9.17, 15) is 0 Å². The van der Waals surface area contributed by atoms with Gasteiger partial charge in [-0.3, -0.25) is 4.90 Å². The molecule has 0 aliphatic carbocycles. The van der Waals surface area contributed by atoms with Gasteiger partial charge in [0, 0.05) is 38.2 Å². The number of hydrogen-bond acceptors (Lipinski definition) is 4. The van der Waals surface area contributed by atoms with Gasteiger partial charge in [0.15, 0.2) is 0 Å². The Kier molecular flexibility index (Phi) is 4.19. The maximum absolute atomic E-state index is 6.24. The van der Waals surface area contributed by atoms with Crippen LogP contribution in [-0.2, 0) is 9.47 Å². The van der Waals surface area contributed by atoms with Crippen LogP contribution >= 0.6 is 0 Å². The summed E-state index contributed by atoms with van der Waals surface area (Å²) >= 11 is 0. The fourth-order valence-electron chi connectivity index (χ4n) is 2.77. The first-order valence-corrected chi connectivity index (χ1v) is 6.36. The van der Waals surface area contributed by atoms with Crippen molar-refractivity contribution in [1.29, 1.82) is 0 Å². The molecule has 0 aromatic heterocycles. The fourth-order valence-corrected chi connectivity index (χ4v) is 2.77. The first kappa shape index (κ1) is 12.3. The van der Waals surface area contributed by atoms with E-state index in [1.54, 1.807) is 0 Å². The summed E-state index contributed by atoms with van der Waals surface area (Å²) < 4.78 is 11.1. The number of nitrogens with zero attached hydrogens (tertiary/aromatic N) is 1. The average Bonchev–Trinajstić information content (AvgIpc) is 2.68. The summed E-state index contributed by atoms with van der Waals surface area (Å²) in [4.78, 5) is 2.43. The van der Waals surface area contributed by atoms with Crippen LogP contribution in [0.5, 0.6) is 0 Å². The van der Waals surface area contributed by atoms with Crippen LogP contribution in [0.2, 0.25) is 0 Å². The van der Waals surface area contributed by atoms with E-state index in [1.807, 2.05) is 0 Å². The Bertz CT molecular complexity index is 209. The summed E-state index contributed by atoms with van der Waals surface area (Å²) in [6, 6.07) is 0.250. The second-order valence-electron chi connectivity index (χ2n) is 5.26. The summed E-state index contributed by atoms with van der Waals surface area (Å²) in [7, 11) is 0. The zero-order chi connectivity index (χ0) is 11.5. The van der Waals surface area contributed by atoms with Crippen LogP contribution in [0, 0.1) is 5.92 Å². The molecule has 0 amide bonds. The highest BCUT2D eigenvalue weighted by molar-refractivity contribution is 4.82. The van der Waals surface area contributed by atoms with Gasteiger partial charge < -0.3 is 15.2 Å². The zero-order valence-corrected chi connectivity index (χ0v) is 10.4. The van der Waals surface area contributed by atoms with Gasteiger partial charge in [0.25, 0.3) is 0 Å². The molecule has 2 rings (SSSR count). The Labute approximate surface area is 98.1 Å². The second kappa shape index (κ2) is 5.45. The molecule has 0 bridgehead atoms. The highest BCUT2D eigenvalue weighted by Crippen LogP contribution is 2.18. The molecular formula is C12H24N2O2. The monoisotopic (exact) mass is 228 g/mol. The molecule has 0 aromatic rings. The van der Waals surface area contributed by atoms with Gasteiger partial charge in [0.05, 0.1) is 18.8 Å². The van der Waals surface area contributed by atoms with Gasteiger partial charge in [0.2, 0.25) is 0 Å². The smallest absolute Gasteiger partial charge is 0.0678 e. The Hall–Kier alpha value is -0.160. The van der Waals surface area contributed by atoms with Gasteiger partial charge in [-0.1, -0.05) is 0 Å². The topological polar surface area (TPSA) is 47.7 Å². The first-order valence-electron chi connectivity index (χ1n) is 6.36. The summed E-state index contributed by atoms with van der Waals surface area (Å²) in [6.45, 7) is 8.98. The number of nitrogens with two attached hydrogens (primary N) is 1. The van der Waals surface area contributed by atoms with E-state index < -0.39 is 0 Å². The van der Waals surface area contributed by atoms with Crippen LogP contribution in [0.15, 0.2) is 0 Å². The minimum absolute atomic E-state index is 0.250. The summed E-state index contributed by atoms with van der Waals surface area (Å²) in [5, 5.41) is 0. The molecule has 0 radical (unpaired) electrons. The van der Waals surface area contributed by atoms with Gasteiger partial charge in [-0.2, -0.15) is 0 Å². The van der Waals surface area contributed by atoms with Gasteiger partial charge in [-0.25, -0.2) is 0 Å². The van der Waals surface area contributed by atoms with Crippen LogP contribution in [-0.4, -0.2) is 56.0 Å². The fraction of sp³-hybridized carbons (Fsp3) is 1.00. The summed E-state index contributed by atoms with van der Waals surface area (Å²) in [5.41, 5.74) is 6.24. The molecule has 2 N–H and O–H groups in total. The van der Waals surface area contributed by atoms with E-state index in [1.165, 1.54) is 0 Å². The Balaban J connectivity index is 1.79. The number of ether oxygens (including phenoxy) is 2. The molecule has 0 saturated carbocycles. The average molecular weight is 228 g/mol. The van der Waals surface area contributed by atoms with Crippen LogP contribution in [0.4, 0.5) is 0 Å². The SMILES string of the molecule is CC1CN(CC(N)C2CCOC2)CC(C)O1. The third-order valence-corrected chi connectivity index (χ3v) is 3.53. The van der Waals surface area contributed by atoms with Crippen molar-refractivity contribution in [3.05, 3.63) is 0 Å². The van der Waals surface area contributed by atoms with E-state index in [-0.39, 0.29) is 6.04 Å². The molecule has 2 fully saturated rings. The largest absolute Gasteiger partial charge is 0.381 e. The summed E-state index contributed by atoms with van der Waals surface area (Å²) in [6.07, 6.45) is 1.78. The Morgan fingerprint density at radius 1 is 1.31 bits per heavy atom. The first-order chi connectivity index (χ1) is 7.65. The predicted octanol–water partition coefficient (Wildman–Crippen LogP) is 0.459. The maximum atomic E-state index is 6.24. The molecule has 4 atom stereocenters. The van der Waals surface area contributed by atoms with Crippen molar-refractivity contribution in [2.45, 2.75) is 38.5 Å². The molecule has 2 aliphatic heterocycles. The van der Waals surface area contributed by atoms with Gasteiger partial charge in [0.1, 0.15) is 0 Å². The molecular weight excluding hydrogens is 204 g/mol. The predicted molar refractivity (Wildman–Crippen MR) is 63.4 cm³/mol. The van der Waals surface area contributed by atoms with Crippen molar-refractivity contribution in [1.82, 2.24) is 4.90 Å². The maximum Gasteiger partial charge on any atom is 0.0678 e. The molecule has 16 heavy (non-hydrogen) atoms. The number of morpholine rings is 1. The second-order valence-corrected chi connectivity index (χ2v) is 5.26. The highest BCUT2D eigenvalue weighted by atomic mass is 16.5. The molecule has 2 heterocycles. The van der Waals surface area contributed by atoms with E-state index >= 15 is 0 Å². The lowest BCUT2D eigenvalue weighted by Gasteiger charge is -2.37. The van der Waals surface area contributed by atoms with Crippen LogP contribution in [0.25, 0.3) is 0 Å². The van der Waals surface area contributed by atoms with E-state index in [0.29, 0.717) is 18.1 Å². The lowest BCUT2D eigenvalue weighted by Crippen LogP contribution is -2.51. The molecule has 2 aliphatic rings. The molecule has 4 unspecified atom stereocenters. The number of rotatable bonds is 3. The quantitative estimate of drug-likeness (QED) is 0.762. The normalized spacial score (nSPS) is 38.8. The lowest BCUT2D eigenvalue weighted by atomic mass is 9.99. The molecule has 2 saturated heterocycles. The van der Waals surface area contributed by atoms with Crippen molar-refractivity contribution in [3.8, 4) is 0 Å². The lowest BCUT2D eigenvalue weighted by molar-refractivity contribution is -0.0702. The molecule has 0 spiro atoms. The van der Waals surface area contributed by atoms with Crippen molar-refractivity contribution in [2.24, 2.45) is 11.7 Å². The third-order valence-electron chi connectivity index (χ3n) is 3.53. The molecule has 4 heteroatoms. The van der Waals surface area contributed by atoms with E-state index in [2.05, 4.69) is 18.7 Å². The van der Waals surface area contributed by atoms with Crippen LogP contribution < -0.4 is 5.73 Å². The minimum Gasteiger partial charge on any atom is -0.381 e. The standard InChI is InChI=1S/C12H24N2O2/c1-9-5-14(6-10(2)16-9)7-12(13)11-3-4-15-8-11/h9-12H,3-8,13H2,1-2H3. The van der Waals surface area contributed by atoms with Crippen LogP contribution in [0.3, 0.4) is 0 Å². The van der Waals surface area contributed by atoms with Gasteiger partial charge in [-0.15, -0.1) is 0 Å². The highest BCUT2D eigenvalue weighted by Gasteiger charge is 2.28. The van der Waals surface area contributed by atoms with Gasteiger partial charge in [-0.05, 0) is 20.3 Å². The van der Waals surface area contributed by atoms with Crippen LogP contribution in [0.1, 0.15) is 20.3 Å². The van der Waals surface area contributed by atoms with Crippen molar-refractivity contribution in [3.63, 3.8) is 0 Å². The molecule has 4 nitrogen and oxygen atoms in total. The van der Waals surface area contributed by atoms with Crippen molar-refractivity contribution in [2.75, 3.05) is 32.8 Å².